The van der Waals surface area contributed by atoms with Crippen LogP contribution in [0.4, 0.5) is 10.2 Å². The van der Waals surface area contributed by atoms with Gasteiger partial charge in [-0.3, -0.25) is 4.79 Å². The minimum Gasteiger partial charge on any atom is -0.478 e. The maximum absolute atomic E-state index is 12.7. The zero-order valence-electron chi connectivity index (χ0n) is 10.7. The van der Waals surface area contributed by atoms with Gasteiger partial charge in [0.15, 0.2) is 0 Å². The molecule has 7 heteroatoms. The van der Waals surface area contributed by atoms with E-state index in [4.69, 9.17) is 5.11 Å². The van der Waals surface area contributed by atoms with Gasteiger partial charge in [-0.15, -0.1) is 0 Å². The molecule has 2 aromatic rings. The largest absolute Gasteiger partial charge is 0.478 e. The first-order chi connectivity index (χ1) is 10.0. The number of nitrogens with one attached hydrogen (secondary N) is 1. The summed E-state index contributed by atoms with van der Waals surface area (Å²) in [6, 6.07) is 5.46. The SMILES string of the molecule is O=C(O)/C=C/c1ccnc(NC(=O)c2ccc(F)cn2)c1. The van der Waals surface area contributed by atoms with Crippen LogP contribution in [0.1, 0.15) is 16.1 Å². The molecule has 0 saturated heterocycles. The second-order valence-corrected chi connectivity index (χ2v) is 3.96. The van der Waals surface area contributed by atoms with Gasteiger partial charge in [0.05, 0.1) is 6.20 Å². The Morgan fingerprint density at radius 2 is 2.05 bits per heavy atom. The normalized spacial score (nSPS) is 10.5. The Balaban J connectivity index is 2.12. The van der Waals surface area contributed by atoms with Crippen LogP contribution in [0.3, 0.4) is 0 Å². The lowest BCUT2D eigenvalue weighted by Gasteiger charge is -2.04. The number of nitrogens with zero attached hydrogens (tertiary/aromatic N) is 2. The van der Waals surface area contributed by atoms with Crippen molar-refractivity contribution < 1.29 is 19.1 Å². The molecule has 0 spiro atoms. The summed E-state index contributed by atoms with van der Waals surface area (Å²) in [6.45, 7) is 0. The maximum atomic E-state index is 12.7. The fraction of sp³-hybridized carbons (Fsp3) is 0. The average Bonchev–Trinajstić information content (AvgIpc) is 2.46. The number of aliphatic carboxylic acids is 1. The lowest BCUT2D eigenvalue weighted by atomic mass is 10.2. The lowest BCUT2D eigenvalue weighted by Crippen LogP contribution is -2.14. The Morgan fingerprint density at radius 1 is 1.24 bits per heavy atom. The molecular weight excluding hydrogens is 277 g/mol. The van der Waals surface area contributed by atoms with Gasteiger partial charge in [0.2, 0.25) is 0 Å². The molecule has 2 N–H and O–H groups in total. The zero-order chi connectivity index (χ0) is 15.2. The monoisotopic (exact) mass is 287 g/mol. The third-order valence-corrected chi connectivity index (χ3v) is 2.40. The van der Waals surface area contributed by atoms with Gasteiger partial charge < -0.3 is 10.4 Å². The van der Waals surface area contributed by atoms with Crippen LogP contribution >= 0.6 is 0 Å². The highest BCUT2D eigenvalue weighted by Crippen LogP contribution is 2.10. The molecule has 0 bridgehead atoms. The molecule has 2 rings (SSSR count). The van der Waals surface area contributed by atoms with Gasteiger partial charge in [-0.25, -0.2) is 19.2 Å². The second-order valence-electron chi connectivity index (χ2n) is 3.96. The number of carbonyl (C=O) groups excluding carboxylic acids is 1. The van der Waals surface area contributed by atoms with Crippen molar-refractivity contribution in [3.8, 4) is 0 Å². The number of halogens is 1. The molecular formula is C14H10FN3O3. The molecule has 106 valence electrons. The van der Waals surface area contributed by atoms with Crippen molar-refractivity contribution in [3.05, 3.63) is 59.8 Å². The smallest absolute Gasteiger partial charge is 0.328 e. The number of amides is 1. The van der Waals surface area contributed by atoms with E-state index in [9.17, 15) is 14.0 Å². The molecule has 0 aromatic carbocycles. The van der Waals surface area contributed by atoms with E-state index in [1.807, 2.05) is 0 Å². The zero-order valence-corrected chi connectivity index (χ0v) is 10.7. The van der Waals surface area contributed by atoms with Gasteiger partial charge in [0, 0.05) is 12.3 Å². The summed E-state index contributed by atoms with van der Waals surface area (Å²) in [5, 5.41) is 11.0. The van der Waals surface area contributed by atoms with E-state index in [0.29, 0.717) is 5.56 Å². The van der Waals surface area contributed by atoms with Crippen LogP contribution in [-0.2, 0) is 4.79 Å². The number of aromatic nitrogens is 2. The van der Waals surface area contributed by atoms with E-state index in [2.05, 4.69) is 15.3 Å². The number of rotatable bonds is 4. The topological polar surface area (TPSA) is 92.2 Å². The van der Waals surface area contributed by atoms with E-state index in [1.165, 1.54) is 24.4 Å². The standard InChI is InChI=1S/C14H10FN3O3/c15-10-2-3-11(17-8-10)14(21)18-12-7-9(5-6-16-12)1-4-13(19)20/h1-8H,(H,19,20)(H,16,18,21)/b4-1+. The van der Waals surface area contributed by atoms with Gasteiger partial charge in [-0.05, 0) is 35.9 Å². The molecule has 2 aromatic heterocycles. The molecule has 1 amide bonds. The first-order valence-corrected chi connectivity index (χ1v) is 5.84. The number of hydrogen-bond donors (Lipinski definition) is 2. The lowest BCUT2D eigenvalue weighted by molar-refractivity contribution is -0.131. The van der Waals surface area contributed by atoms with E-state index >= 15 is 0 Å². The van der Waals surface area contributed by atoms with E-state index in [1.54, 1.807) is 6.07 Å². The van der Waals surface area contributed by atoms with Crippen molar-refractivity contribution in [3.63, 3.8) is 0 Å². The average molecular weight is 287 g/mol. The first-order valence-electron chi connectivity index (χ1n) is 5.84. The Morgan fingerprint density at radius 3 is 2.71 bits per heavy atom. The highest BCUT2D eigenvalue weighted by molar-refractivity contribution is 6.02. The van der Waals surface area contributed by atoms with Crippen LogP contribution in [0.5, 0.6) is 0 Å². The van der Waals surface area contributed by atoms with Gasteiger partial charge in [-0.2, -0.15) is 0 Å². The van der Waals surface area contributed by atoms with Gasteiger partial charge >= 0.3 is 5.97 Å². The van der Waals surface area contributed by atoms with Gasteiger partial charge in [0.1, 0.15) is 17.3 Å². The van der Waals surface area contributed by atoms with Crippen molar-refractivity contribution in [1.29, 1.82) is 0 Å². The Kier molecular flexibility index (Phi) is 4.35. The minimum absolute atomic E-state index is 0.0460. The molecule has 0 aliphatic rings. The summed E-state index contributed by atoms with van der Waals surface area (Å²) in [5.41, 5.74) is 0.611. The van der Waals surface area contributed by atoms with Crippen LogP contribution in [0.2, 0.25) is 0 Å². The number of carboxylic acid groups (broad SMARTS) is 1. The minimum atomic E-state index is -1.08. The summed E-state index contributed by atoms with van der Waals surface area (Å²) in [5.74, 6) is -1.92. The fourth-order valence-electron chi connectivity index (χ4n) is 1.48. The maximum Gasteiger partial charge on any atom is 0.328 e. The van der Waals surface area contributed by atoms with E-state index in [0.717, 1.165) is 18.3 Å². The van der Waals surface area contributed by atoms with Crippen molar-refractivity contribution in [1.82, 2.24) is 9.97 Å². The van der Waals surface area contributed by atoms with Crippen molar-refractivity contribution in [2.24, 2.45) is 0 Å². The van der Waals surface area contributed by atoms with Crippen molar-refractivity contribution >= 4 is 23.8 Å². The van der Waals surface area contributed by atoms with Crippen molar-refractivity contribution in [2.75, 3.05) is 5.32 Å². The summed E-state index contributed by atoms with van der Waals surface area (Å²) in [7, 11) is 0. The van der Waals surface area contributed by atoms with E-state index in [-0.39, 0.29) is 11.5 Å². The highest BCUT2D eigenvalue weighted by Gasteiger charge is 2.08. The summed E-state index contributed by atoms with van der Waals surface area (Å²) < 4.78 is 12.7. The number of pyridine rings is 2. The molecule has 0 saturated carbocycles. The quantitative estimate of drug-likeness (QED) is 0.839. The summed E-state index contributed by atoms with van der Waals surface area (Å²) in [4.78, 5) is 29.9. The molecule has 0 unspecified atom stereocenters. The van der Waals surface area contributed by atoms with Crippen LogP contribution in [0.15, 0.2) is 42.7 Å². The molecule has 2 heterocycles. The van der Waals surface area contributed by atoms with E-state index < -0.39 is 17.7 Å². The van der Waals surface area contributed by atoms with Crippen LogP contribution < -0.4 is 5.32 Å². The Hall–Kier alpha value is -3.09. The van der Waals surface area contributed by atoms with Crippen LogP contribution in [-0.4, -0.2) is 27.0 Å². The third-order valence-electron chi connectivity index (χ3n) is 2.40. The number of carbonyl (C=O) groups is 2. The predicted molar refractivity (Wildman–Crippen MR) is 73.1 cm³/mol. The van der Waals surface area contributed by atoms with Crippen molar-refractivity contribution in [2.45, 2.75) is 0 Å². The van der Waals surface area contributed by atoms with Crippen LogP contribution in [0, 0.1) is 5.82 Å². The number of carboxylic acids is 1. The second kappa shape index (κ2) is 6.38. The fourth-order valence-corrected chi connectivity index (χ4v) is 1.48. The third kappa shape index (κ3) is 4.20. The number of hydrogen-bond acceptors (Lipinski definition) is 4. The molecule has 6 nitrogen and oxygen atoms in total. The molecule has 0 aliphatic carbocycles. The molecule has 0 fully saturated rings. The summed E-state index contributed by atoms with van der Waals surface area (Å²) >= 11 is 0. The predicted octanol–water partition coefficient (Wildman–Crippen LogP) is 1.97. The van der Waals surface area contributed by atoms with Gasteiger partial charge in [0.25, 0.3) is 5.91 Å². The van der Waals surface area contributed by atoms with Gasteiger partial charge in [-0.1, -0.05) is 0 Å². The molecule has 0 atom stereocenters. The van der Waals surface area contributed by atoms with Crippen LogP contribution in [0.25, 0.3) is 6.08 Å². The molecule has 0 radical (unpaired) electrons. The molecule has 21 heavy (non-hydrogen) atoms. The first kappa shape index (κ1) is 14.3. The number of anilines is 1. The highest BCUT2D eigenvalue weighted by atomic mass is 19.1. The Labute approximate surface area is 119 Å². The Bertz CT molecular complexity index is 699. The summed E-state index contributed by atoms with van der Waals surface area (Å²) in [6.07, 6.45) is 4.71. The molecule has 0 aliphatic heterocycles.